The van der Waals surface area contributed by atoms with Gasteiger partial charge >= 0.3 is 11.9 Å². The minimum Gasteiger partial charge on any atom is -0.477 e. The monoisotopic (exact) mass is 558 g/mol. The second kappa shape index (κ2) is 9.00. The predicted molar refractivity (Wildman–Crippen MR) is 98.9 cm³/mol. The van der Waals surface area contributed by atoms with E-state index >= 15 is 0 Å². The molecule has 8 heteroatoms. The molecule has 0 aliphatic rings. The first kappa shape index (κ1) is 19.6. The Labute approximate surface area is 160 Å². The molecule has 0 heterocycles. The van der Waals surface area contributed by atoms with E-state index < -0.39 is 11.9 Å². The average molecular weight is 562 g/mol. The first-order chi connectivity index (χ1) is 10.2. The Morgan fingerprint density at radius 2 is 1.00 bits per heavy atom. The number of halogens is 4. The van der Waals surface area contributed by atoms with Gasteiger partial charge in [-0.3, -0.25) is 0 Å². The van der Waals surface area contributed by atoms with Crippen molar-refractivity contribution in [3.8, 4) is 0 Å². The summed E-state index contributed by atoms with van der Waals surface area (Å²) in [6.45, 7) is 0. The zero-order valence-electron chi connectivity index (χ0n) is 10.9. The van der Waals surface area contributed by atoms with Crippen molar-refractivity contribution < 1.29 is 19.8 Å². The van der Waals surface area contributed by atoms with E-state index in [9.17, 15) is 9.59 Å². The van der Waals surface area contributed by atoms with Gasteiger partial charge in [-0.25, -0.2) is 9.59 Å². The summed E-state index contributed by atoms with van der Waals surface area (Å²) in [5.41, 5.74) is 1.87. The first-order valence-corrected chi connectivity index (χ1v) is 9.02. The van der Waals surface area contributed by atoms with E-state index in [1.807, 2.05) is 24.3 Å². The summed E-state index contributed by atoms with van der Waals surface area (Å²) in [7, 11) is 0. The van der Waals surface area contributed by atoms with E-state index in [4.69, 9.17) is 10.2 Å². The van der Waals surface area contributed by atoms with E-state index in [1.165, 1.54) is 0 Å². The lowest BCUT2D eigenvalue weighted by Gasteiger charge is -2.05. The van der Waals surface area contributed by atoms with Crippen molar-refractivity contribution in [3.05, 3.63) is 53.3 Å². The normalized spacial score (nSPS) is 13.3. The fraction of sp³-hybridized carbons (Fsp3) is 0.143. The number of aliphatic carboxylic acids is 2. The van der Waals surface area contributed by atoms with Gasteiger partial charge in [-0.15, -0.1) is 0 Å². The van der Waals surface area contributed by atoms with Crippen molar-refractivity contribution in [2.24, 2.45) is 0 Å². The summed E-state index contributed by atoms with van der Waals surface area (Å²) in [6.07, 6.45) is 0.895. The van der Waals surface area contributed by atoms with Gasteiger partial charge in [0.2, 0.25) is 0 Å². The van der Waals surface area contributed by atoms with E-state index in [2.05, 4.69) is 63.7 Å². The van der Waals surface area contributed by atoms with E-state index in [-0.39, 0.29) is 8.96 Å². The third kappa shape index (κ3) is 5.98. The quantitative estimate of drug-likeness (QED) is 0.483. The maximum absolute atomic E-state index is 10.8. The molecule has 1 aromatic carbocycles. The molecule has 1 aromatic rings. The maximum Gasteiger partial charge on any atom is 0.343 e. The standard InChI is InChI=1S/C14H10Br4O4/c15-9(11(17)13(19)20)5-7-1-2-8(4-3-7)6-10(16)12(18)14(21)22/h1-4H,5-6H2,(H,19,20)(H,21,22). The first-order valence-electron chi connectivity index (χ1n) is 5.85. The van der Waals surface area contributed by atoms with Crippen LogP contribution in [0.2, 0.25) is 0 Å². The van der Waals surface area contributed by atoms with Gasteiger partial charge in [-0.05, 0) is 43.0 Å². The smallest absolute Gasteiger partial charge is 0.343 e. The molecule has 0 saturated heterocycles. The van der Waals surface area contributed by atoms with E-state index in [0.717, 1.165) is 11.1 Å². The summed E-state index contributed by atoms with van der Waals surface area (Å²) in [4.78, 5) is 21.7. The van der Waals surface area contributed by atoms with Gasteiger partial charge < -0.3 is 10.2 Å². The molecule has 0 aliphatic heterocycles. The highest BCUT2D eigenvalue weighted by Gasteiger charge is 2.11. The number of carbonyl (C=O) groups is 2. The Balaban J connectivity index is 2.84. The summed E-state index contributed by atoms with van der Waals surface area (Å²) < 4.78 is 1.27. The molecule has 0 fully saturated rings. The molecule has 118 valence electrons. The van der Waals surface area contributed by atoms with Crippen molar-refractivity contribution in [2.75, 3.05) is 0 Å². The minimum atomic E-state index is -1.03. The topological polar surface area (TPSA) is 74.6 Å². The minimum absolute atomic E-state index is 0.0904. The van der Waals surface area contributed by atoms with Crippen LogP contribution in [0.3, 0.4) is 0 Å². The Kier molecular flexibility index (Phi) is 8.02. The summed E-state index contributed by atoms with van der Waals surface area (Å²) in [5.74, 6) is -2.06. The Bertz CT molecular complexity index is 590. The molecule has 0 aliphatic carbocycles. The van der Waals surface area contributed by atoms with Crippen LogP contribution < -0.4 is 0 Å². The molecule has 1 rings (SSSR count). The number of carboxylic acid groups (broad SMARTS) is 2. The highest BCUT2D eigenvalue weighted by molar-refractivity contribution is 9.14. The second-order valence-corrected chi connectivity index (χ2v) is 7.72. The van der Waals surface area contributed by atoms with E-state index in [1.54, 1.807) is 0 Å². The highest BCUT2D eigenvalue weighted by atomic mass is 79.9. The predicted octanol–water partition coefficient (Wildman–Crippen LogP) is 4.94. The van der Waals surface area contributed by atoms with Gasteiger partial charge in [0.15, 0.2) is 0 Å². The Morgan fingerprint density at radius 1 is 0.727 bits per heavy atom. The average Bonchev–Trinajstić information content (AvgIpc) is 2.47. The maximum atomic E-state index is 10.8. The lowest BCUT2D eigenvalue weighted by atomic mass is 10.1. The zero-order chi connectivity index (χ0) is 16.9. The molecule has 0 atom stereocenters. The lowest BCUT2D eigenvalue weighted by Crippen LogP contribution is -1.98. The number of carboxylic acids is 2. The molecule has 22 heavy (non-hydrogen) atoms. The van der Waals surface area contributed by atoms with Crippen molar-refractivity contribution in [1.29, 1.82) is 0 Å². The molecule has 0 aromatic heterocycles. The molecule has 4 nitrogen and oxygen atoms in total. The molecule has 2 N–H and O–H groups in total. The summed E-state index contributed by atoms with van der Waals surface area (Å²) >= 11 is 12.5. The van der Waals surface area contributed by atoms with Crippen LogP contribution in [0.15, 0.2) is 42.2 Å². The van der Waals surface area contributed by atoms with Crippen LogP contribution in [-0.2, 0) is 22.4 Å². The van der Waals surface area contributed by atoms with Gasteiger partial charge in [-0.1, -0.05) is 56.1 Å². The van der Waals surface area contributed by atoms with Gasteiger partial charge in [0.1, 0.15) is 8.96 Å². The van der Waals surface area contributed by atoms with Crippen LogP contribution >= 0.6 is 63.7 Å². The Hall–Kier alpha value is -0.440. The second-order valence-electron chi connectivity index (χ2n) is 4.22. The third-order valence-corrected chi connectivity index (χ3v) is 6.65. The Morgan fingerprint density at radius 3 is 1.23 bits per heavy atom. The molecule has 0 amide bonds. The zero-order valence-corrected chi connectivity index (χ0v) is 17.3. The molecule has 0 bridgehead atoms. The van der Waals surface area contributed by atoms with Crippen molar-refractivity contribution in [3.63, 3.8) is 0 Å². The number of hydrogen-bond donors (Lipinski definition) is 2. The number of benzene rings is 1. The number of rotatable bonds is 6. The largest absolute Gasteiger partial charge is 0.477 e. The van der Waals surface area contributed by atoms with Crippen LogP contribution in [0, 0.1) is 0 Å². The summed E-state index contributed by atoms with van der Waals surface area (Å²) in [5, 5.41) is 17.7. The van der Waals surface area contributed by atoms with E-state index in [0.29, 0.717) is 21.8 Å². The molecule has 0 unspecified atom stereocenters. The molecular formula is C14H10Br4O4. The number of hydrogen-bond acceptors (Lipinski definition) is 2. The highest BCUT2D eigenvalue weighted by Crippen LogP contribution is 2.25. The fourth-order valence-electron chi connectivity index (χ4n) is 1.52. The van der Waals surface area contributed by atoms with Crippen molar-refractivity contribution >= 4 is 75.7 Å². The van der Waals surface area contributed by atoms with Gasteiger partial charge in [0.25, 0.3) is 0 Å². The SMILES string of the molecule is O=C(O)C(Br)=C(Br)Cc1ccc(CC(Br)=C(Br)C(=O)O)cc1. The van der Waals surface area contributed by atoms with Crippen LogP contribution in [0.4, 0.5) is 0 Å². The van der Waals surface area contributed by atoms with Gasteiger partial charge in [0, 0.05) is 21.8 Å². The van der Waals surface area contributed by atoms with Gasteiger partial charge in [0.05, 0.1) is 0 Å². The van der Waals surface area contributed by atoms with Crippen LogP contribution in [-0.4, -0.2) is 22.2 Å². The van der Waals surface area contributed by atoms with Crippen molar-refractivity contribution in [2.45, 2.75) is 12.8 Å². The van der Waals surface area contributed by atoms with Crippen LogP contribution in [0.5, 0.6) is 0 Å². The summed E-state index contributed by atoms with van der Waals surface area (Å²) in [6, 6.07) is 7.47. The van der Waals surface area contributed by atoms with Crippen molar-refractivity contribution in [1.82, 2.24) is 0 Å². The van der Waals surface area contributed by atoms with Crippen LogP contribution in [0.1, 0.15) is 11.1 Å². The molecular weight excluding hydrogens is 552 g/mol. The third-order valence-electron chi connectivity index (χ3n) is 2.59. The van der Waals surface area contributed by atoms with Crippen LogP contribution in [0.25, 0.3) is 0 Å². The molecule has 0 saturated carbocycles. The lowest BCUT2D eigenvalue weighted by molar-refractivity contribution is -0.132. The molecule has 0 radical (unpaired) electrons. The fourth-order valence-corrected chi connectivity index (χ4v) is 2.79. The van der Waals surface area contributed by atoms with Gasteiger partial charge in [-0.2, -0.15) is 0 Å². The number of allylic oxidation sites excluding steroid dienone is 2. The molecule has 0 spiro atoms.